The van der Waals surface area contributed by atoms with Crippen molar-refractivity contribution in [2.75, 3.05) is 25.1 Å². The second-order valence-corrected chi connectivity index (χ2v) is 9.78. The van der Waals surface area contributed by atoms with Crippen molar-refractivity contribution in [3.8, 4) is 5.75 Å². The van der Waals surface area contributed by atoms with Crippen molar-refractivity contribution in [3.05, 3.63) is 42.5 Å². The van der Waals surface area contributed by atoms with Crippen LogP contribution in [-0.2, 0) is 6.54 Å². The van der Waals surface area contributed by atoms with Crippen LogP contribution in [0.25, 0.3) is 10.2 Å². The highest BCUT2D eigenvalue weighted by molar-refractivity contribution is 7.21. The monoisotopic (exact) mass is 601 g/mol. The molecule has 1 aromatic heterocycles. The molecule has 0 saturated carbocycles. The average Bonchev–Trinajstić information content (AvgIpc) is 3.25. The largest absolute Gasteiger partial charge is 0.497 e. The first-order valence-electron chi connectivity index (χ1n) is 12.1. The maximum atomic E-state index is 14.3. The third kappa shape index (κ3) is 6.13. The Morgan fingerprint density at radius 1 is 0.875 bits per heavy atom. The molecular weight excluding hydrogens is 575 g/mol. The lowest BCUT2D eigenvalue weighted by Crippen LogP contribution is -2.61. The molecule has 0 atom stereocenters. The number of thiazole rings is 1. The fourth-order valence-electron chi connectivity index (χ4n) is 3.86. The fraction of sp³-hybridized carbons (Fsp3) is 0.480. The van der Waals surface area contributed by atoms with Crippen LogP contribution in [0.4, 0.5) is 56.0 Å². The number of benzene rings is 2. The molecule has 0 N–H and O–H groups in total. The molecule has 15 heteroatoms. The topological polar surface area (TPSA) is 41.1 Å². The highest BCUT2D eigenvalue weighted by atomic mass is 32.1. The van der Waals surface area contributed by atoms with E-state index < -0.39 is 36.9 Å². The molecule has 0 bridgehead atoms. The third-order valence-corrected chi connectivity index (χ3v) is 7.12. The van der Waals surface area contributed by atoms with Gasteiger partial charge >= 0.3 is 29.1 Å². The van der Waals surface area contributed by atoms with Crippen molar-refractivity contribution in [2.24, 2.45) is 10.2 Å². The lowest BCUT2D eigenvalue weighted by molar-refractivity contribution is -0.659. The molecule has 0 aliphatic heterocycles. The minimum atomic E-state index is -6.95. The van der Waals surface area contributed by atoms with Gasteiger partial charge in [0.1, 0.15) is 17.0 Å². The van der Waals surface area contributed by atoms with E-state index in [1.807, 2.05) is 13.8 Å². The Morgan fingerprint density at radius 2 is 1.52 bits per heavy atom. The van der Waals surface area contributed by atoms with Gasteiger partial charge in [0.2, 0.25) is 0 Å². The second kappa shape index (κ2) is 11.8. The van der Waals surface area contributed by atoms with E-state index in [4.69, 9.17) is 4.74 Å². The number of hydrogen-bond acceptors (Lipinski definition) is 5. The Bertz CT molecular complexity index is 1320. The molecule has 5 nitrogen and oxygen atoms in total. The van der Waals surface area contributed by atoms with Crippen LogP contribution < -0.4 is 14.2 Å². The van der Waals surface area contributed by atoms with Gasteiger partial charge in [-0.3, -0.25) is 0 Å². The summed E-state index contributed by atoms with van der Waals surface area (Å²) in [6, 6.07) is 11.3. The van der Waals surface area contributed by atoms with Crippen molar-refractivity contribution in [1.82, 2.24) is 0 Å². The van der Waals surface area contributed by atoms with Crippen LogP contribution in [0.2, 0.25) is 0 Å². The lowest BCUT2D eigenvalue weighted by Gasteiger charge is -2.33. The zero-order valence-corrected chi connectivity index (χ0v) is 22.4. The van der Waals surface area contributed by atoms with Gasteiger partial charge in [-0.25, -0.2) is 4.57 Å². The number of anilines is 1. The zero-order valence-electron chi connectivity index (χ0n) is 21.6. The normalized spacial score (nSPS) is 13.4. The van der Waals surface area contributed by atoms with Crippen molar-refractivity contribution in [3.63, 3.8) is 0 Å². The number of aryl methyl sites for hydroxylation is 1. The van der Waals surface area contributed by atoms with Gasteiger partial charge in [-0.05, 0) is 66.2 Å². The first kappa shape index (κ1) is 31.4. The van der Waals surface area contributed by atoms with Crippen LogP contribution in [0.1, 0.15) is 26.7 Å². The standard InChI is InChI=1S/C25H26F9N4OS/c1-4-13-37(5-2)17-8-6-16(7-9-17)35-36-21-38(19-11-10-18(39-3)15-20(19)40-21)14-12-22(26,27)23(28,29)24(30,31)25(32,33)34/h6-11,15H,4-5,12-14H2,1-3H3/q+1. The van der Waals surface area contributed by atoms with Crippen molar-refractivity contribution in [1.29, 1.82) is 0 Å². The van der Waals surface area contributed by atoms with Crippen molar-refractivity contribution < 1.29 is 48.8 Å². The Hall–Kier alpha value is -3.10. The maximum Gasteiger partial charge on any atom is 0.460 e. The Balaban J connectivity index is 1.95. The molecule has 3 aromatic rings. The van der Waals surface area contributed by atoms with Gasteiger partial charge in [0.25, 0.3) is 0 Å². The van der Waals surface area contributed by atoms with Crippen LogP contribution in [0, 0.1) is 0 Å². The van der Waals surface area contributed by atoms with Gasteiger partial charge in [-0.15, -0.1) is 0 Å². The highest BCUT2D eigenvalue weighted by Gasteiger charge is 2.81. The number of rotatable bonds is 12. The summed E-state index contributed by atoms with van der Waals surface area (Å²) < 4.78 is 127. The fourth-order valence-corrected chi connectivity index (χ4v) is 4.90. The molecule has 0 aliphatic carbocycles. The van der Waals surface area contributed by atoms with Gasteiger partial charge in [-0.2, -0.15) is 39.5 Å². The van der Waals surface area contributed by atoms with E-state index >= 15 is 0 Å². The van der Waals surface area contributed by atoms with E-state index in [0.29, 0.717) is 16.1 Å². The second-order valence-electron chi connectivity index (χ2n) is 8.77. The third-order valence-electron chi connectivity index (χ3n) is 6.09. The van der Waals surface area contributed by atoms with Gasteiger partial charge < -0.3 is 9.64 Å². The van der Waals surface area contributed by atoms with Crippen LogP contribution in [0.5, 0.6) is 5.75 Å². The summed E-state index contributed by atoms with van der Waals surface area (Å²) in [5, 5.41) is 8.04. The molecule has 1 heterocycles. The number of hydrogen-bond donors (Lipinski definition) is 0. The zero-order chi connectivity index (χ0) is 29.9. The number of halogens is 9. The molecule has 0 amide bonds. The Morgan fingerprint density at radius 3 is 2.08 bits per heavy atom. The van der Waals surface area contributed by atoms with Crippen LogP contribution >= 0.6 is 11.3 Å². The predicted octanol–water partition coefficient (Wildman–Crippen LogP) is 8.71. The number of azo groups is 1. The van der Waals surface area contributed by atoms with E-state index in [-0.39, 0.29) is 10.6 Å². The molecule has 0 saturated heterocycles. The van der Waals surface area contributed by atoms with Crippen LogP contribution in [-0.4, -0.2) is 44.1 Å². The average molecular weight is 602 g/mol. The van der Waals surface area contributed by atoms with Gasteiger partial charge in [0.05, 0.1) is 29.9 Å². The van der Waals surface area contributed by atoms with Crippen molar-refractivity contribution in [2.45, 2.75) is 57.2 Å². The van der Waals surface area contributed by atoms with E-state index in [1.54, 1.807) is 24.3 Å². The summed E-state index contributed by atoms with van der Waals surface area (Å²) in [6.07, 6.45) is -7.97. The van der Waals surface area contributed by atoms with E-state index in [2.05, 4.69) is 15.1 Å². The summed E-state index contributed by atoms with van der Waals surface area (Å²) in [5.41, 5.74) is 1.50. The summed E-state index contributed by atoms with van der Waals surface area (Å²) >= 11 is 0.913. The molecule has 3 rings (SSSR count). The van der Waals surface area contributed by atoms with Crippen LogP contribution in [0.15, 0.2) is 52.7 Å². The summed E-state index contributed by atoms with van der Waals surface area (Å²) in [4.78, 5) is 2.13. The first-order valence-corrected chi connectivity index (χ1v) is 12.9. The van der Waals surface area contributed by atoms with Gasteiger partial charge in [-0.1, -0.05) is 6.92 Å². The minimum absolute atomic E-state index is 0.0739. The summed E-state index contributed by atoms with van der Waals surface area (Å²) in [7, 11) is 1.37. The summed E-state index contributed by atoms with van der Waals surface area (Å²) in [6.45, 7) is 4.60. The molecule has 0 radical (unpaired) electrons. The van der Waals surface area contributed by atoms with Crippen molar-refractivity contribution >= 4 is 38.1 Å². The number of methoxy groups -OCH3 is 1. The number of fused-ring (bicyclic) bond motifs is 1. The first-order chi connectivity index (χ1) is 18.6. The van der Waals surface area contributed by atoms with Gasteiger partial charge in [0.15, 0.2) is 0 Å². The minimum Gasteiger partial charge on any atom is -0.497 e. The van der Waals surface area contributed by atoms with E-state index in [0.717, 1.165) is 41.1 Å². The molecular formula is C25H26F9N4OS+. The maximum absolute atomic E-state index is 14.3. The number of alkyl halides is 9. The Labute approximate surface area is 227 Å². The van der Waals surface area contributed by atoms with E-state index in [9.17, 15) is 39.5 Å². The molecule has 0 aliphatic rings. The molecule has 220 valence electrons. The molecule has 2 aromatic carbocycles. The van der Waals surface area contributed by atoms with Gasteiger partial charge in [0, 0.05) is 24.8 Å². The lowest BCUT2D eigenvalue weighted by atomic mass is 10.0. The number of ether oxygens (including phenoxy) is 1. The number of nitrogens with zero attached hydrogens (tertiary/aromatic N) is 4. The molecule has 0 spiro atoms. The molecule has 40 heavy (non-hydrogen) atoms. The predicted molar refractivity (Wildman–Crippen MR) is 133 cm³/mol. The molecule has 0 fully saturated rings. The smallest absolute Gasteiger partial charge is 0.460 e. The van der Waals surface area contributed by atoms with Crippen LogP contribution in [0.3, 0.4) is 0 Å². The Kier molecular flexibility index (Phi) is 9.26. The highest BCUT2D eigenvalue weighted by Crippen LogP contribution is 2.54. The number of aromatic nitrogens is 1. The quantitative estimate of drug-likeness (QED) is 0.118. The summed E-state index contributed by atoms with van der Waals surface area (Å²) in [5.74, 6) is -19.0. The SMILES string of the molecule is CCCN(CC)c1ccc(/N=N/c2sc3cc(OC)ccc3[n+]2CCC(F)(F)C(F)(F)C(F)(F)C(F)(F)F)cc1. The van der Waals surface area contributed by atoms with E-state index in [1.165, 1.54) is 25.3 Å². The molecule has 0 unspecified atom stereocenters.